The molecule has 1 fully saturated rings. The number of likely N-dealkylation sites (tertiary alicyclic amines) is 1. The average Bonchev–Trinajstić information content (AvgIpc) is 3.37. The highest BCUT2D eigenvalue weighted by Crippen LogP contribution is 2.21. The fraction of sp³-hybridized carbons (Fsp3) is 0.346. The Labute approximate surface area is 198 Å². The van der Waals surface area contributed by atoms with Crippen molar-refractivity contribution in [3.05, 3.63) is 82.5 Å². The minimum atomic E-state index is -0.480. The molecule has 0 unspecified atom stereocenters. The van der Waals surface area contributed by atoms with E-state index in [0.29, 0.717) is 17.9 Å². The van der Waals surface area contributed by atoms with E-state index in [1.54, 1.807) is 24.4 Å². The van der Waals surface area contributed by atoms with Gasteiger partial charge in [-0.25, -0.2) is 4.39 Å². The molecule has 1 saturated heterocycles. The normalized spacial score (nSPS) is 13.7. The second-order valence-corrected chi connectivity index (χ2v) is 8.07. The molecule has 1 aliphatic heterocycles. The number of pyridine rings is 1. The van der Waals surface area contributed by atoms with Gasteiger partial charge in [0.25, 0.3) is 5.56 Å². The lowest BCUT2D eigenvalue weighted by Crippen LogP contribution is -2.25. The van der Waals surface area contributed by atoms with Crippen molar-refractivity contribution in [2.24, 2.45) is 0 Å². The number of ether oxygens (including phenoxy) is 4. The summed E-state index contributed by atoms with van der Waals surface area (Å²) in [5.41, 5.74) is 1.22. The van der Waals surface area contributed by atoms with Gasteiger partial charge in [-0.3, -0.25) is 14.3 Å². The second kappa shape index (κ2) is 11.7. The number of aromatic nitrogens is 1. The van der Waals surface area contributed by atoms with Gasteiger partial charge in [0.15, 0.2) is 18.4 Å². The van der Waals surface area contributed by atoms with Gasteiger partial charge in [0.1, 0.15) is 24.7 Å². The van der Waals surface area contributed by atoms with Gasteiger partial charge in [-0.1, -0.05) is 6.07 Å². The van der Waals surface area contributed by atoms with Crippen LogP contribution in [0.5, 0.6) is 17.2 Å². The number of nitrogens with zero attached hydrogens (tertiary/aromatic N) is 2. The lowest BCUT2D eigenvalue weighted by atomic mass is 10.2. The largest absolute Gasteiger partial charge is 0.492 e. The summed E-state index contributed by atoms with van der Waals surface area (Å²) in [5, 5.41) is 0. The highest BCUT2D eigenvalue weighted by Gasteiger charge is 2.11. The molecule has 0 atom stereocenters. The zero-order valence-electron chi connectivity index (χ0n) is 19.2. The molecule has 7 nitrogen and oxygen atoms in total. The van der Waals surface area contributed by atoms with Crippen LogP contribution in [-0.4, -0.2) is 49.6 Å². The van der Waals surface area contributed by atoms with Crippen molar-refractivity contribution >= 4 is 0 Å². The van der Waals surface area contributed by atoms with Crippen molar-refractivity contribution in [1.82, 2.24) is 9.47 Å². The van der Waals surface area contributed by atoms with Crippen LogP contribution in [0.2, 0.25) is 0 Å². The van der Waals surface area contributed by atoms with E-state index in [1.165, 1.54) is 36.7 Å². The van der Waals surface area contributed by atoms with Gasteiger partial charge in [-0.2, -0.15) is 0 Å². The van der Waals surface area contributed by atoms with Crippen molar-refractivity contribution in [3.63, 3.8) is 0 Å². The highest BCUT2D eigenvalue weighted by molar-refractivity contribution is 5.38. The van der Waals surface area contributed by atoms with Crippen LogP contribution in [-0.2, 0) is 11.3 Å². The summed E-state index contributed by atoms with van der Waals surface area (Å²) in [6.07, 6.45) is 4.20. The van der Waals surface area contributed by atoms with E-state index in [1.807, 2.05) is 24.3 Å². The number of benzene rings is 2. The van der Waals surface area contributed by atoms with E-state index >= 15 is 0 Å². The van der Waals surface area contributed by atoms with E-state index in [0.717, 1.165) is 31.1 Å². The van der Waals surface area contributed by atoms with Crippen molar-refractivity contribution in [1.29, 1.82) is 0 Å². The first-order chi connectivity index (χ1) is 16.6. The van der Waals surface area contributed by atoms with Crippen molar-refractivity contribution in [3.8, 4) is 22.9 Å². The summed E-state index contributed by atoms with van der Waals surface area (Å²) < 4.78 is 36.9. The lowest BCUT2D eigenvalue weighted by molar-refractivity contribution is 0.0481. The maximum Gasteiger partial charge on any atom is 0.258 e. The number of methoxy groups -OCH3 is 1. The molecular weight excluding hydrogens is 439 g/mol. The third-order valence-electron chi connectivity index (χ3n) is 5.61. The molecule has 0 aliphatic carbocycles. The molecule has 8 heteroatoms. The lowest BCUT2D eigenvalue weighted by Gasteiger charge is -2.15. The number of hydrogen-bond donors (Lipinski definition) is 0. The summed E-state index contributed by atoms with van der Waals surface area (Å²) in [6.45, 7) is 4.00. The van der Waals surface area contributed by atoms with E-state index in [2.05, 4.69) is 4.90 Å². The predicted octanol–water partition coefficient (Wildman–Crippen LogP) is 4.01. The standard InChI is InChI=1S/C26H29FN2O5/c1-31-19-34-25-16-20(4-9-24(25)27)18-33-23-10-13-29(26(30)17-23)21-5-7-22(8-6-21)32-15-14-28-11-2-3-12-28/h4-10,13,16-17H,2-3,11-12,14-15,18-19H2,1H3. The average molecular weight is 469 g/mol. The fourth-order valence-corrected chi connectivity index (χ4v) is 3.80. The molecule has 1 aliphatic rings. The maximum atomic E-state index is 13.8. The van der Waals surface area contributed by atoms with Crippen molar-refractivity contribution in [2.75, 3.05) is 40.1 Å². The molecule has 180 valence electrons. The van der Waals surface area contributed by atoms with E-state index < -0.39 is 5.82 Å². The molecule has 0 spiro atoms. The maximum absolute atomic E-state index is 13.8. The Morgan fingerprint density at radius 3 is 2.44 bits per heavy atom. The van der Waals surface area contributed by atoms with Crippen LogP contribution < -0.4 is 19.8 Å². The molecule has 2 heterocycles. The Balaban J connectivity index is 1.33. The van der Waals surface area contributed by atoms with Gasteiger partial charge in [-0.15, -0.1) is 0 Å². The van der Waals surface area contributed by atoms with E-state index in [9.17, 15) is 9.18 Å². The number of rotatable bonds is 11. The topological polar surface area (TPSA) is 62.2 Å². The summed E-state index contributed by atoms with van der Waals surface area (Å²) in [5.74, 6) is 0.809. The smallest absolute Gasteiger partial charge is 0.258 e. The Morgan fingerprint density at radius 2 is 1.71 bits per heavy atom. The van der Waals surface area contributed by atoms with Gasteiger partial charge in [-0.05, 0) is 74.0 Å². The minimum absolute atomic E-state index is 0.0504. The van der Waals surface area contributed by atoms with Crippen molar-refractivity contribution in [2.45, 2.75) is 19.4 Å². The predicted molar refractivity (Wildman–Crippen MR) is 126 cm³/mol. The van der Waals surface area contributed by atoms with Gasteiger partial charge in [0.2, 0.25) is 0 Å². The van der Waals surface area contributed by atoms with Crippen LogP contribution >= 0.6 is 0 Å². The van der Waals surface area contributed by atoms with Gasteiger partial charge >= 0.3 is 0 Å². The molecule has 34 heavy (non-hydrogen) atoms. The Bertz CT molecular complexity index is 1130. The molecule has 1 aromatic heterocycles. The summed E-state index contributed by atoms with van der Waals surface area (Å²) in [4.78, 5) is 15.0. The molecule has 0 saturated carbocycles. The molecule has 0 amide bonds. The first-order valence-electron chi connectivity index (χ1n) is 11.3. The summed E-state index contributed by atoms with van der Waals surface area (Å²) in [7, 11) is 1.46. The van der Waals surface area contributed by atoms with Gasteiger partial charge in [0, 0.05) is 31.6 Å². The Kier molecular flexibility index (Phi) is 8.17. The minimum Gasteiger partial charge on any atom is -0.492 e. The van der Waals surface area contributed by atoms with Crippen LogP contribution in [0, 0.1) is 5.82 Å². The van der Waals surface area contributed by atoms with E-state index in [4.69, 9.17) is 18.9 Å². The number of hydrogen-bond acceptors (Lipinski definition) is 6. The molecular formula is C26H29FN2O5. The van der Waals surface area contributed by atoms with Gasteiger partial charge < -0.3 is 18.9 Å². The SMILES string of the molecule is COCOc1cc(COc2ccn(-c3ccc(OCCN4CCCC4)cc3)c(=O)c2)ccc1F. The van der Waals surface area contributed by atoms with Crippen LogP contribution in [0.1, 0.15) is 18.4 Å². The first kappa shape index (κ1) is 23.8. The van der Waals surface area contributed by atoms with Crippen LogP contribution in [0.3, 0.4) is 0 Å². The molecule has 3 aromatic rings. The zero-order valence-corrected chi connectivity index (χ0v) is 19.2. The molecule has 2 aromatic carbocycles. The summed E-state index contributed by atoms with van der Waals surface area (Å²) >= 11 is 0. The third-order valence-corrected chi connectivity index (χ3v) is 5.61. The first-order valence-corrected chi connectivity index (χ1v) is 11.3. The second-order valence-electron chi connectivity index (χ2n) is 8.07. The fourth-order valence-electron chi connectivity index (χ4n) is 3.80. The molecule has 0 bridgehead atoms. The van der Waals surface area contributed by atoms with Crippen molar-refractivity contribution < 1.29 is 23.3 Å². The van der Waals surface area contributed by atoms with Gasteiger partial charge in [0.05, 0.1) is 0 Å². The third kappa shape index (κ3) is 6.36. The van der Waals surface area contributed by atoms with Crippen LogP contribution in [0.4, 0.5) is 4.39 Å². The van der Waals surface area contributed by atoms with E-state index in [-0.39, 0.29) is 24.7 Å². The quantitative estimate of drug-likeness (QED) is 0.396. The monoisotopic (exact) mass is 468 g/mol. The molecule has 0 N–H and O–H groups in total. The Morgan fingerprint density at radius 1 is 0.912 bits per heavy atom. The Hall–Kier alpha value is -3.36. The number of halogens is 1. The summed E-state index contributed by atoms with van der Waals surface area (Å²) in [6, 6.07) is 15.0. The molecule has 4 rings (SSSR count). The van der Waals surface area contributed by atoms with Crippen LogP contribution in [0.25, 0.3) is 5.69 Å². The zero-order chi connectivity index (χ0) is 23.8. The highest BCUT2D eigenvalue weighted by atomic mass is 19.1. The van der Waals surface area contributed by atoms with Crippen LogP contribution in [0.15, 0.2) is 65.6 Å². The molecule has 0 radical (unpaired) electrons.